The lowest BCUT2D eigenvalue weighted by Crippen LogP contribution is -2.04. The van der Waals surface area contributed by atoms with Gasteiger partial charge < -0.3 is 19.0 Å². The second kappa shape index (κ2) is 8.84. The van der Waals surface area contributed by atoms with E-state index in [1.165, 1.54) is 0 Å². The standard InChI is InChI=1S/C24H20BrN5O2/c1-30-10-9-26-22(30)15-32-21-8-7-18(31-14-16-5-3-2-4-6-16)12-19(21)23-28-20-11-17(25)13-27-24(20)29-23/h2-13H,14-15H2,1H3,(H,27,28,29). The lowest BCUT2D eigenvalue weighted by molar-refractivity contribution is 0.289. The summed E-state index contributed by atoms with van der Waals surface area (Å²) in [6.07, 6.45) is 5.38. The van der Waals surface area contributed by atoms with Crippen LogP contribution in [0.2, 0.25) is 0 Å². The van der Waals surface area contributed by atoms with Gasteiger partial charge in [0.25, 0.3) is 0 Å². The number of aromatic nitrogens is 5. The molecule has 0 atom stereocenters. The van der Waals surface area contributed by atoms with Gasteiger partial charge in [0.2, 0.25) is 0 Å². The molecule has 32 heavy (non-hydrogen) atoms. The maximum Gasteiger partial charge on any atom is 0.157 e. The zero-order valence-corrected chi connectivity index (χ0v) is 18.9. The van der Waals surface area contributed by atoms with Crippen molar-refractivity contribution in [3.63, 3.8) is 0 Å². The number of rotatable bonds is 7. The second-order valence-electron chi connectivity index (χ2n) is 7.28. The molecule has 3 heterocycles. The van der Waals surface area contributed by atoms with Crippen molar-refractivity contribution in [2.45, 2.75) is 13.2 Å². The molecular formula is C24H20BrN5O2. The van der Waals surface area contributed by atoms with Crippen LogP contribution in [0.25, 0.3) is 22.6 Å². The van der Waals surface area contributed by atoms with E-state index in [-0.39, 0.29) is 0 Å². The fraction of sp³-hybridized carbons (Fsp3) is 0.125. The van der Waals surface area contributed by atoms with Gasteiger partial charge in [-0.05, 0) is 45.8 Å². The number of nitrogens with zero attached hydrogens (tertiary/aromatic N) is 4. The van der Waals surface area contributed by atoms with Crippen molar-refractivity contribution < 1.29 is 9.47 Å². The summed E-state index contributed by atoms with van der Waals surface area (Å²) in [4.78, 5) is 16.7. The van der Waals surface area contributed by atoms with Gasteiger partial charge in [-0.1, -0.05) is 30.3 Å². The molecule has 0 aliphatic heterocycles. The quantitative estimate of drug-likeness (QED) is 0.336. The van der Waals surface area contributed by atoms with Crippen molar-refractivity contribution in [1.82, 2.24) is 24.5 Å². The van der Waals surface area contributed by atoms with Crippen molar-refractivity contribution in [1.29, 1.82) is 0 Å². The van der Waals surface area contributed by atoms with Crippen molar-refractivity contribution >= 4 is 27.1 Å². The van der Waals surface area contributed by atoms with E-state index in [0.29, 0.717) is 30.4 Å². The summed E-state index contributed by atoms with van der Waals surface area (Å²) in [7, 11) is 1.94. The van der Waals surface area contributed by atoms with Crippen LogP contribution in [0.5, 0.6) is 11.5 Å². The largest absolute Gasteiger partial charge is 0.489 e. The minimum Gasteiger partial charge on any atom is -0.489 e. The number of fused-ring (bicyclic) bond motifs is 1. The predicted molar refractivity (Wildman–Crippen MR) is 125 cm³/mol. The molecule has 5 aromatic rings. The molecule has 0 radical (unpaired) electrons. The Kier molecular flexibility index (Phi) is 5.60. The predicted octanol–water partition coefficient (Wildman–Crippen LogP) is 5.28. The van der Waals surface area contributed by atoms with Gasteiger partial charge in [-0.2, -0.15) is 0 Å². The molecule has 2 aromatic carbocycles. The van der Waals surface area contributed by atoms with Crippen molar-refractivity contribution in [2.75, 3.05) is 0 Å². The highest BCUT2D eigenvalue weighted by Gasteiger charge is 2.15. The van der Waals surface area contributed by atoms with E-state index in [1.54, 1.807) is 12.4 Å². The summed E-state index contributed by atoms with van der Waals surface area (Å²) < 4.78 is 15.0. The molecule has 5 rings (SSSR count). The molecule has 0 fully saturated rings. The second-order valence-corrected chi connectivity index (χ2v) is 8.20. The highest BCUT2D eigenvalue weighted by atomic mass is 79.9. The van der Waals surface area contributed by atoms with Crippen LogP contribution in [-0.4, -0.2) is 24.5 Å². The van der Waals surface area contributed by atoms with E-state index >= 15 is 0 Å². The molecule has 160 valence electrons. The van der Waals surface area contributed by atoms with Crippen LogP contribution < -0.4 is 9.47 Å². The molecule has 0 bridgehead atoms. The zero-order valence-electron chi connectivity index (χ0n) is 17.3. The monoisotopic (exact) mass is 489 g/mol. The fourth-order valence-corrected chi connectivity index (χ4v) is 3.65. The number of halogens is 1. The smallest absolute Gasteiger partial charge is 0.157 e. The Hall–Kier alpha value is -3.65. The van der Waals surface area contributed by atoms with Crippen LogP contribution in [0.1, 0.15) is 11.4 Å². The van der Waals surface area contributed by atoms with Crippen molar-refractivity contribution in [3.05, 3.63) is 89.0 Å². The van der Waals surface area contributed by atoms with Gasteiger partial charge in [0.1, 0.15) is 41.9 Å². The van der Waals surface area contributed by atoms with E-state index in [0.717, 1.165) is 32.7 Å². The normalized spacial score (nSPS) is 11.1. The molecule has 1 N–H and O–H groups in total. The van der Waals surface area contributed by atoms with Crippen molar-refractivity contribution in [3.8, 4) is 22.9 Å². The van der Waals surface area contributed by atoms with E-state index in [9.17, 15) is 0 Å². The van der Waals surface area contributed by atoms with Gasteiger partial charge in [-0.3, -0.25) is 0 Å². The molecule has 0 aliphatic carbocycles. The minimum absolute atomic E-state index is 0.338. The summed E-state index contributed by atoms with van der Waals surface area (Å²) >= 11 is 3.45. The van der Waals surface area contributed by atoms with E-state index in [2.05, 4.69) is 30.9 Å². The van der Waals surface area contributed by atoms with Crippen LogP contribution in [0, 0.1) is 0 Å². The topological polar surface area (TPSA) is 77.8 Å². The number of ether oxygens (including phenoxy) is 2. The Morgan fingerprint density at radius 1 is 1.00 bits per heavy atom. The van der Waals surface area contributed by atoms with E-state index in [4.69, 9.17) is 14.5 Å². The molecule has 7 nitrogen and oxygen atoms in total. The SMILES string of the molecule is Cn1ccnc1COc1ccc(OCc2ccccc2)cc1-c1nc2cc(Br)cnc2[nH]1. The number of aromatic amines is 1. The lowest BCUT2D eigenvalue weighted by Gasteiger charge is -2.13. The summed E-state index contributed by atoms with van der Waals surface area (Å²) in [5.74, 6) is 2.89. The molecule has 8 heteroatoms. The Bertz CT molecular complexity index is 1360. The first-order chi connectivity index (χ1) is 15.7. The summed E-state index contributed by atoms with van der Waals surface area (Å²) in [5, 5.41) is 0. The number of H-pyrrole nitrogens is 1. The maximum absolute atomic E-state index is 6.13. The number of hydrogen-bond donors (Lipinski definition) is 1. The first kappa shape index (κ1) is 20.3. The fourth-order valence-electron chi connectivity index (χ4n) is 3.33. The molecule has 0 unspecified atom stereocenters. The molecule has 0 spiro atoms. The number of aryl methyl sites for hydroxylation is 1. The summed E-state index contributed by atoms with van der Waals surface area (Å²) in [5.41, 5.74) is 3.36. The highest BCUT2D eigenvalue weighted by Crippen LogP contribution is 2.34. The third-order valence-corrected chi connectivity index (χ3v) is 5.47. The maximum atomic E-state index is 6.13. The number of benzene rings is 2. The van der Waals surface area contributed by atoms with Gasteiger partial charge in [0, 0.05) is 30.1 Å². The molecule has 0 amide bonds. The minimum atomic E-state index is 0.338. The number of imidazole rings is 2. The van der Waals surface area contributed by atoms with Crippen molar-refractivity contribution in [2.24, 2.45) is 7.05 Å². The average Bonchev–Trinajstić information content (AvgIpc) is 3.42. The number of hydrogen-bond acceptors (Lipinski definition) is 5. The summed E-state index contributed by atoms with van der Waals surface area (Å²) in [6, 6.07) is 17.7. The van der Waals surface area contributed by atoms with Crippen LogP contribution in [0.15, 0.2) is 77.7 Å². The number of pyridine rings is 1. The first-order valence-electron chi connectivity index (χ1n) is 10.1. The van der Waals surface area contributed by atoms with Gasteiger partial charge >= 0.3 is 0 Å². The molecule has 0 saturated carbocycles. The number of nitrogens with one attached hydrogen (secondary N) is 1. The van der Waals surface area contributed by atoms with Crippen LogP contribution >= 0.6 is 15.9 Å². The van der Waals surface area contributed by atoms with Gasteiger partial charge in [0.05, 0.1) is 5.56 Å². The Labute approximate surface area is 193 Å². The Balaban J connectivity index is 1.47. The van der Waals surface area contributed by atoms with Gasteiger partial charge in [0.15, 0.2) is 5.65 Å². The Morgan fingerprint density at radius 3 is 2.69 bits per heavy atom. The third kappa shape index (κ3) is 4.36. The van der Waals surface area contributed by atoms with E-state index in [1.807, 2.05) is 72.4 Å². The molecule has 0 saturated heterocycles. The Morgan fingerprint density at radius 2 is 1.88 bits per heavy atom. The van der Waals surface area contributed by atoms with Crippen LogP contribution in [0.3, 0.4) is 0 Å². The lowest BCUT2D eigenvalue weighted by atomic mass is 10.1. The van der Waals surface area contributed by atoms with Gasteiger partial charge in [-0.25, -0.2) is 15.0 Å². The van der Waals surface area contributed by atoms with Gasteiger partial charge in [-0.15, -0.1) is 0 Å². The zero-order chi connectivity index (χ0) is 21.9. The third-order valence-electron chi connectivity index (χ3n) is 5.04. The molecule has 3 aromatic heterocycles. The first-order valence-corrected chi connectivity index (χ1v) is 10.9. The molecule has 0 aliphatic rings. The van der Waals surface area contributed by atoms with E-state index < -0.39 is 0 Å². The summed E-state index contributed by atoms with van der Waals surface area (Å²) in [6.45, 7) is 0.813. The van der Waals surface area contributed by atoms with Crippen LogP contribution in [-0.2, 0) is 20.3 Å². The van der Waals surface area contributed by atoms with Crippen LogP contribution in [0.4, 0.5) is 0 Å². The highest BCUT2D eigenvalue weighted by molar-refractivity contribution is 9.10. The average molecular weight is 490 g/mol. The molecular weight excluding hydrogens is 470 g/mol.